The van der Waals surface area contributed by atoms with Crippen molar-refractivity contribution in [3.05, 3.63) is 89.5 Å². The minimum Gasteiger partial charge on any atom is -0.496 e. The molecule has 0 heterocycles. The van der Waals surface area contributed by atoms with Crippen LogP contribution >= 0.6 is 26.0 Å². The van der Waals surface area contributed by atoms with Gasteiger partial charge >= 0.3 is 0 Å². The van der Waals surface area contributed by atoms with E-state index in [0.29, 0.717) is 28.4 Å². The van der Waals surface area contributed by atoms with Gasteiger partial charge in [-0.3, -0.25) is 4.84 Å². The van der Waals surface area contributed by atoms with Crippen molar-refractivity contribution in [1.82, 2.24) is 4.60 Å². The van der Waals surface area contributed by atoms with E-state index >= 15 is 0 Å². The molecule has 3 rings (SSSR count). The van der Waals surface area contributed by atoms with Crippen molar-refractivity contribution < 1.29 is 32.6 Å². The molecule has 0 aliphatic heterocycles. The third kappa shape index (κ3) is 10.4. The van der Waals surface area contributed by atoms with Gasteiger partial charge in [0.25, 0.3) is 8.45 Å². The number of nitrogens with zero attached hydrogens (tertiary/aromatic N) is 2. The standard InChI is InChI=1S/C27H35N2O7P3/c1-5-18-33-29(38-35-20-23-13-7-10-16-26(23)31-3)39(36-21-24-14-8-11-17-27(24)32-4)28-37-34-19-22-12-6-9-15-25(22)30-2/h6-17,38H,5,18-21H2,1-4H3. The van der Waals surface area contributed by atoms with Crippen molar-refractivity contribution in [3.8, 4) is 17.2 Å². The number of para-hydroxylation sites is 3. The largest absolute Gasteiger partial charge is 0.496 e. The topological polar surface area (TPSA) is 80.2 Å². The van der Waals surface area contributed by atoms with Gasteiger partial charge in [0, 0.05) is 16.7 Å². The molecule has 2 atom stereocenters. The van der Waals surface area contributed by atoms with Crippen LogP contribution in [-0.4, -0.2) is 32.5 Å². The quantitative estimate of drug-likeness (QED) is 0.108. The van der Waals surface area contributed by atoms with Crippen LogP contribution < -0.4 is 14.2 Å². The van der Waals surface area contributed by atoms with Crippen molar-refractivity contribution in [2.24, 2.45) is 4.52 Å². The lowest BCUT2D eigenvalue weighted by atomic mass is 10.2. The molecule has 210 valence electrons. The Morgan fingerprint density at radius 2 is 1.26 bits per heavy atom. The van der Waals surface area contributed by atoms with E-state index in [1.54, 1.807) is 25.9 Å². The normalized spacial score (nSPS) is 12.4. The van der Waals surface area contributed by atoms with E-state index < -0.39 is 8.45 Å². The molecule has 3 aromatic rings. The van der Waals surface area contributed by atoms with E-state index in [-0.39, 0.29) is 15.6 Å². The molecule has 3 aromatic carbocycles. The predicted molar refractivity (Wildman–Crippen MR) is 156 cm³/mol. The zero-order chi connectivity index (χ0) is 27.7. The highest BCUT2D eigenvalue weighted by Crippen LogP contribution is 2.53. The molecule has 0 fully saturated rings. The highest BCUT2D eigenvalue weighted by Gasteiger charge is 2.23. The zero-order valence-corrected chi connectivity index (χ0v) is 25.4. The Bertz CT molecular complexity index is 1160. The van der Waals surface area contributed by atoms with Gasteiger partial charge in [0.05, 0.1) is 47.8 Å². The Balaban J connectivity index is 1.72. The monoisotopic (exact) mass is 592 g/mol. The number of hydrogen-bond donors (Lipinski definition) is 0. The van der Waals surface area contributed by atoms with Crippen molar-refractivity contribution >= 4 is 26.0 Å². The average molecular weight is 593 g/mol. The summed E-state index contributed by atoms with van der Waals surface area (Å²) in [5.74, 6) is 2.28. The van der Waals surface area contributed by atoms with Gasteiger partial charge in [-0.15, -0.1) is 0 Å². The van der Waals surface area contributed by atoms with Crippen LogP contribution in [0.2, 0.25) is 0 Å². The third-order valence-electron chi connectivity index (χ3n) is 5.25. The number of ether oxygens (including phenoxy) is 3. The van der Waals surface area contributed by atoms with Crippen LogP contribution in [0.25, 0.3) is 0 Å². The molecule has 39 heavy (non-hydrogen) atoms. The first-order valence-corrected chi connectivity index (χ1v) is 15.1. The summed E-state index contributed by atoms with van der Waals surface area (Å²) in [5, 5.41) is 0. The van der Waals surface area contributed by atoms with Crippen molar-refractivity contribution in [2.75, 3.05) is 27.9 Å². The molecule has 0 bridgehead atoms. The fraction of sp³-hybridized carbons (Fsp3) is 0.333. The molecule has 2 unspecified atom stereocenters. The molecular weight excluding hydrogens is 557 g/mol. The highest BCUT2D eigenvalue weighted by molar-refractivity contribution is 7.59. The maximum absolute atomic E-state index is 6.28. The smallest absolute Gasteiger partial charge is 0.275 e. The summed E-state index contributed by atoms with van der Waals surface area (Å²) in [5.41, 5.74) is 2.78. The molecule has 9 nitrogen and oxygen atoms in total. The van der Waals surface area contributed by atoms with Gasteiger partial charge in [-0.25, -0.2) is 0 Å². The molecule has 12 heteroatoms. The third-order valence-corrected chi connectivity index (χ3v) is 8.50. The lowest BCUT2D eigenvalue weighted by molar-refractivity contribution is -0.0240. The molecular formula is C27H35N2O7P3. The molecule has 0 spiro atoms. The number of methoxy groups -OCH3 is 3. The second kappa shape index (κ2) is 18.2. The Kier molecular flexibility index (Phi) is 14.6. The fourth-order valence-corrected chi connectivity index (χ4v) is 6.47. The number of hydrogen-bond acceptors (Lipinski definition) is 9. The Labute approximate surface area is 235 Å². The minimum atomic E-state index is -1.59. The van der Waals surface area contributed by atoms with Crippen molar-refractivity contribution in [3.63, 3.8) is 0 Å². The van der Waals surface area contributed by atoms with Crippen molar-refractivity contribution in [1.29, 1.82) is 0 Å². The molecule has 0 saturated heterocycles. The first kappa shape index (κ1) is 31.3. The number of rotatable bonds is 18. The summed E-state index contributed by atoms with van der Waals surface area (Å²) in [4.78, 5) is 6.03. The Morgan fingerprint density at radius 1 is 0.744 bits per heavy atom. The Hall–Kier alpha value is -2.18. The fourth-order valence-electron chi connectivity index (χ4n) is 3.32. The second-order valence-corrected chi connectivity index (χ2v) is 11.4. The van der Waals surface area contributed by atoms with Crippen molar-refractivity contribution in [2.45, 2.75) is 33.2 Å². The summed E-state index contributed by atoms with van der Waals surface area (Å²) in [6.45, 7) is 3.51. The van der Waals surface area contributed by atoms with Crippen LogP contribution in [0.4, 0.5) is 0 Å². The minimum absolute atomic E-state index is 0.161. The zero-order valence-electron chi connectivity index (χ0n) is 22.6. The molecule has 0 saturated carbocycles. The van der Waals surface area contributed by atoms with Crippen LogP contribution in [-0.2, 0) is 38.2 Å². The van der Waals surface area contributed by atoms with Crippen LogP contribution in [0, 0.1) is 0 Å². The van der Waals surface area contributed by atoms with E-state index in [1.807, 2.05) is 79.7 Å². The van der Waals surface area contributed by atoms with Gasteiger partial charge in [-0.2, -0.15) is 4.52 Å². The average Bonchev–Trinajstić information content (AvgIpc) is 2.99. The maximum Gasteiger partial charge on any atom is 0.275 e. The summed E-state index contributed by atoms with van der Waals surface area (Å²) >= 11 is 0. The van der Waals surface area contributed by atoms with Gasteiger partial charge in [-0.05, 0) is 24.6 Å². The van der Waals surface area contributed by atoms with Crippen LogP contribution in [0.15, 0.2) is 77.3 Å². The second-order valence-electron chi connectivity index (χ2n) is 7.89. The lowest BCUT2D eigenvalue weighted by Crippen LogP contribution is -2.11. The summed E-state index contributed by atoms with van der Waals surface area (Å²) in [6.07, 6.45) is 0.825. The van der Waals surface area contributed by atoms with E-state index in [0.717, 1.165) is 40.4 Å². The van der Waals surface area contributed by atoms with Gasteiger partial charge in [0.1, 0.15) is 26.2 Å². The van der Waals surface area contributed by atoms with E-state index in [4.69, 9.17) is 37.1 Å². The van der Waals surface area contributed by atoms with Crippen LogP contribution in [0.5, 0.6) is 17.2 Å². The summed E-state index contributed by atoms with van der Waals surface area (Å²) in [6, 6.07) is 23.2. The first-order chi connectivity index (χ1) is 19.2. The Morgan fingerprint density at radius 3 is 1.79 bits per heavy atom. The van der Waals surface area contributed by atoms with E-state index in [1.165, 1.54) is 0 Å². The molecule has 0 aliphatic carbocycles. The summed E-state index contributed by atoms with van der Waals surface area (Å²) in [7, 11) is 3.57. The van der Waals surface area contributed by atoms with E-state index in [2.05, 4.69) is 0 Å². The van der Waals surface area contributed by atoms with Crippen LogP contribution in [0.3, 0.4) is 0 Å². The number of benzene rings is 3. The van der Waals surface area contributed by atoms with Gasteiger partial charge in [0.15, 0.2) is 8.60 Å². The SMILES string of the molecule is CCCON(POCc1ccccc1OC)P(N=POCc1ccccc1OC)OCc1ccccc1OC. The molecule has 0 amide bonds. The molecule has 0 N–H and O–H groups in total. The predicted octanol–water partition coefficient (Wildman–Crippen LogP) is 8.09. The van der Waals surface area contributed by atoms with E-state index in [9.17, 15) is 0 Å². The lowest BCUT2D eigenvalue weighted by Gasteiger charge is -2.25. The molecule has 0 radical (unpaired) electrons. The first-order valence-electron chi connectivity index (χ1n) is 12.3. The van der Waals surface area contributed by atoms with Gasteiger partial charge in [0.2, 0.25) is 0 Å². The molecule has 0 aromatic heterocycles. The highest BCUT2D eigenvalue weighted by atomic mass is 31.2. The van der Waals surface area contributed by atoms with Gasteiger partial charge < -0.3 is 27.8 Å². The summed E-state index contributed by atoms with van der Waals surface area (Å²) < 4.78 is 40.9. The molecule has 0 aliphatic rings. The van der Waals surface area contributed by atoms with Gasteiger partial charge in [-0.1, -0.05) is 66.1 Å². The van der Waals surface area contributed by atoms with Crippen LogP contribution in [0.1, 0.15) is 30.0 Å². The maximum atomic E-state index is 6.28.